The SMILES string of the molecule is C=C(/C=C\C(=C/CC)OCCC)c1c(-c2cccc(OC)c2C)cn2c1C(=O)NC(c1nccn1C)N2.CC. The van der Waals surface area contributed by atoms with Crippen LogP contribution in [0, 0.1) is 6.92 Å². The van der Waals surface area contributed by atoms with Gasteiger partial charge in [-0.15, -0.1) is 0 Å². The van der Waals surface area contributed by atoms with Crippen LogP contribution in [0.25, 0.3) is 16.7 Å². The van der Waals surface area contributed by atoms with Crippen molar-refractivity contribution in [2.24, 2.45) is 7.05 Å². The molecule has 39 heavy (non-hydrogen) atoms. The Morgan fingerprint density at radius 1 is 1.21 bits per heavy atom. The highest BCUT2D eigenvalue weighted by molar-refractivity contribution is 6.04. The molecule has 8 nitrogen and oxygen atoms in total. The van der Waals surface area contributed by atoms with E-state index in [9.17, 15) is 4.79 Å². The van der Waals surface area contributed by atoms with Gasteiger partial charge in [-0.2, -0.15) is 0 Å². The number of benzene rings is 1. The van der Waals surface area contributed by atoms with E-state index in [1.165, 1.54) is 0 Å². The summed E-state index contributed by atoms with van der Waals surface area (Å²) in [5.74, 6) is 2.05. The van der Waals surface area contributed by atoms with E-state index in [1.807, 2.05) is 81.2 Å². The molecule has 1 unspecified atom stereocenters. The minimum absolute atomic E-state index is 0.213. The standard InChI is InChI=1S/C29H35N5O3.C2H6/c1-7-10-21(37-17-8-2)14-13-19(3)25-23(22-11-9-12-24(36-6)20(22)4)18-34-26(25)29(35)31-27(32-34)28-30-15-16-33(28)5;1-2/h9-16,18,27,32H,3,7-8,17H2,1-2,4-6H3,(H,31,35);1-2H3/b14-13-,21-10+;. The summed E-state index contributed by atoms with van der Waals surface area (Å²) in [5, 5.41) is 3.05. The molecule has 1 aromatic carbocycles. The van der Waals surface area contributed by atoms with E-state index in [4.69, 9.17) is 9.47 Å². The van der Waals surface area contributed by atoms with Crippen LogP contribution in [0.5, 0.6) is 5.75 Å². The molecular weight excluding hydrogens is 490 g/mol. The van der Waals surface area contributed by atoms with Gasteiger partial charge >= 0.3 is 0 Å². The van der Waals surface area contributed by atoms with Gasteiger partial charge in [-0.25, -0.2) is 4.98 Å². The van der Waals surface area contributed by atoms with Crippen molar-refractivity contribution in [2.75, 3.05) is 19.1 Å². The van der Waals surface area contributed by atoms with Gasteiger partial charge < -0.3 is 19.4 Å². The number of hydrogen-bond donors (Lipinski definition) is 2. The van der Waals surface area contributed by atoms with Crippen LogP contribution in [0.15, 0.2) is 67.4 Å². The van der Waals surface area contributed by atoms with Crippen molar-refractivity contribution in [3.8, 4) is 16.9 Å². The molecule has 2 N–H and O–H groups in total. The number of rotatable bonds is 10. The zero-order valence-electron chi connectivity index (χ0n) is 24.2. The van der Waals surface area contributed by atoms with Gasteiger partial charge in [0.25, 0.3) is 5.91 Å². The highest BCUT2D eigenvalue weighted by Crippen LogP contribution is 2.39. The van der Waals surface area contributed by atoms with Crippen molar-refractivity contribution >= 4 is 11.5 Å². The normalized spacial score (nSPS) is 14.7. The minimum Gasteiger partial charge on any atom is -0.496 e. The summed E-state index contributed by atoms with van der Waals surface area (Å²) in [6, 6.07) is 5.91. The third kappa shape index (κ3) is 6.28. The number of aryl methyl sites for hydroxylation is 1. The van der Waals surface area contributed by atoms with Gasteiger partial charge in [-0.1, -0.05) is 52.5 Å². The minimum atomic E-state index is -0.482. The molecule has 3 aromatic rings. The molecular formula is C31H41N5O3. The Hall–Kier alpha value is -4.20. The van der Waals surface area contributed by atoms with Gasteiger partial charge in [-0.05, 0) is 54.7 Å². The second-order valence-corrected chi connectivity index (χ2v) is 8.92. The molecule has 0 bridgehead atoms. The van der Waals surface area contributed by atoms with Crippen molar-refractivity contribution in [3.63, 3.8) is 0 Å². The van der Waals surface area contributed by atoms with Crippen LogP contribution in [-0.4, -0.2) is 33.9 Å². The number of nitrogens with zero attached hydrogens (tertiary/aromatic N) is 3. The second-order valence-electron chi connectivity index (χ2n) is 8.92. The maximum Gasteiger partial charge on any atom is 0.272 e. The van der Waals surface area contributed by atoms with Gasteiger partial charge in [-0.3, -0.25) is 14.9 Å². The first-order chi connectivity index (χ1) is 18.9. The Morgan fingerprint density at radius 3 is 2.62 bits per heavy atom. The van der Waals surface area contributed by atoms with Crippen LogP contribution in [0.3, 0.4) is 0 Å². The highest BCUT2D eigenvalue weighted by Gasteiger charge is 2.32. The number of ether oxygens (including phenoxy) is 2. The van der Waals surface area contributed by atoms with Crippen LogP contribution in [0.2, 0.25) is 0 Å². The zero-order chi connectivity index (χ0) is 28.5. The molecule has 3 heterocycles. The molecule has 2 aromatic heterocycles. The second kappa shape index (κ2) is 13.6. The molecule has 4 rings (SSSR count). The van der Waals surface area contributed by atoms with E-state index in [0.29, 0.717) is 23.7 Å². The van der Waals surface area contributed by atoms with E-state index < -0.39 is 6.17 Å². The number of carbonyl (C=O) groups is 1. The van der Waals surface area contributed by atoms with E-state index in [1.54, 1.807) is 18.0 Å². The summed E-state index contributed by atoms with van der Waals surface area (Å²) < 4.78 is 15.1. The lowest BCUT2D eigenvalue weighted by Gasteiger charge is -2.28. The molecule has 8 heteroatoms. The fraction of sp³-hybridized carbons (Fsp3) is 0.355. The van der Waals surface area contributed by atoms with E-state index in [2.05, 4.69) is 36.2 Å². The van der Waals surface area contributed by atoms with Gasteiger partial charge in [0.1, 0.15) is 17.2 Å². The quantitative estimate of drug-likeness (QED) is 0.230. The molecule has 208 valence electrons. The van der Waals surface area contributed by atoms with Gasteiger partial charge in [0.05, 0.1) is 13.7 Å². The largest absolute Gasteiger partial charge is 0.496 e. The van der Waals surface area contributed by atoms with Crippen LogP contribution in [0.4, 0.5) is 0 Å². The monoisotopic (exact) mass is 531 g/mol. The molecule has 1 aliphatic heterocycles. The summed E-state index contributed by atoms with van der Waals surface area (Å²) >= 11 is 0. The molecule has 0 saturated carbocycles. The summed E-state index contributed by atoms with van der Waals surface area (Å²) in [7, 11) is 3.55. The van der Waals surface area contributed by atoms with E-state index in [-0.39, 0.29) is 5.91 Å². The number of methoxy groups -OCH3 is 1. The predicted octanol–water partition coefficient (Wildman–Crippen LogP) is 6.51. The summed E-state index contributed by atoms with van der Waals surface area (Å²) in [6.45, 7) is 15.2. The van der Waals surface area contributed by atoms with Crippen molar-refractivity contribution in [1.29, 1.82) is 0 Å². The number of aromatic nitrogens is 3. The first-order valence-electron chi connectivity index (χ1n) is 13.5. The van der Waals surface area contributed by atoms with Gasteiger partial charge in [0.15, 0.2) is 12.0 Å². The zero-order valence-corrected chi connectivity index (χ0v) is 24.2. The molecule has 0 aliphatic carbocycles. The maximum atomic E-state index is 13.5. The molecule has 1 aliphatic rings. The fourth-order valence-electron chi connectivity index (χ4n) is 4.50. The molecule has 0 fully saturated rings. The number of carbonyl (C=O) groups excluding carboxylic acids is 1. The Bertz CT molecular complexity index is 1360. The lowest BCUT2D eigenvalue weighted by molar-refractivity contribution is 0.0912. The number of allylic oxidation sites excluding steroid dienone is 4. The molecule has 0 spiro atoms. The number of hydrogen-bond acceptors (Lipinski definition) is 5. The Kier molecular flexibility index (Phi) is 10.2. The van der Waals surface area contributed by atoms with Crippen molar-refractivity contribution in [2.45, 2.75) is 53.6 Å². The third-order valence-corrected chi connectivity index (χ3v) is 6.32. The summed E-state index contributed by atoms with van der Waals surface area (Å²) in [4.78, 5) is 17.9. The highest BCUT2D eigenvalue weighted by atomic mass is 16.5. The molecule has 1 atom stereocenters. The molecule has 0 radical (unpaired) electrons. The van der Waals surface area contributed by atoms with Crippen LogP contribution < -0.4 is 15.5 Å². The average Bonchev–Trinajstić information content (AvgIpc) is 3.55. The number of fused-ring (bicyclic) bond motifs is 1. The first kappa shape index (κ1) is 29.4. The number of imidazole rings is 1. The topological polar surface area (TPSA) is 82.3 Å². The van der Waals surface area contributed by atoms with E-state index in [0.717, 1.165) is 46.6 Å². The van der Waals surface area contributed by atoms with Crippen LogP contribution >= 0.6 is 0 Å². The Morgan fingerprint density at radius 2 is 1.97 bits per heavy atom. The average molecular weight is 532 g/mol. The van der Waals surface area contributed by atoms with Gasteiger partial charge in [0.2, 0.25) is 0 Å². The van der Waals surface area contributed by atoms with E-state index >= 15 is 0 Å². The molecule has 0 saturated heterocycles. The smallest absolute Gasteiger partial charge is 0.272 e. The molecule has 1 amide bonds. The third-order valence-electron chi connectivity index (χ3n) is 6.32. The van der Waals surface area contributed by atoms with Gasteiger partial charge in [0, 0.05) is 36.8 Å². The Balaban J connectivity index is 0.00000205. The van der Waals surface area contributed by atoms with Crippen LogP contribution in [0.1, 0.15) is 74.1 Å². The maximum absolute atomic E-state index is 13.5. The van der Waals surface area contributed by atoms with Crippen molar-refractivity contribution in [3.05, 3.63) is 90.0 Å². The van der Waals surface area contributed by atoms with Crippen LogP contribution in [-0.2, 0) is 11.8 Å². The summed E-state index contributed by atoms with van der Waals surface area (Å²) in [5.41, 5.74) is 8.11. The predicted molar refractivity (Wildman–Crippen MR) is 158 cm³/mol. The lowest BCUT2D eigenvalue weighted by Crippen LogP contribution is -2.45. The van der Waals surface area contributed by atoms with Crippen molar-refractivity contribution < 1.29 is 14.3 Å². The number of nitrogens with one attached hydrogen (secondary N) is 2. The first-order valence-corrected chi connectivity index (χ1v) is 13.5. The Labute approximate surface area is 232 Å². The fourth-order valence-corrected chi connectivity index (χ4v) is 4.50. The number of amides is 1. The lowest BCUT2D eigenvalue weighted by atomic mass is 9.93. The summed E-state index contributed by atoms with van der Waals surface area (Å²) in [6.07, 6.45) is 12.6. The van der Waals surface area contributed by atoms with Crippen molar-refractivity contribution in [1.82, 2.24) is 19.5 Å².